The third kappa shape index (κ3) is 7.73. The van der Waals surface area contributed by atoms with E-state index in [0.29, 0.717) is 50.0 Å². The van der Waals surface area contributed by atoms with Crippen LogP contribution in [0.4, 0.5) is 0 Å². The maximum atomic E-state index is 13.4. The minimum Gasteiger partial charge on any atom is -0.507 e. The van der Waals surface area contributed by atoms with Gasteiger partial charge in [-0.15, -0.1) is 0 Å². The molecule has 0 fully saturated rings. The first-order chi connectivity index (χ1) is 22.4. The van der Waals surface area contributed by atoms with E-state index in [4.69, 9.17) is 14.6 Å². The quantitative estimate of drug-likeness (QED) is 0.138. The second-order valence-corrected chi connectivity index (χ2v) is 15.4. The number of aliphatic carboxylic acids is 2. The van der Waals surface area contributed by atoms with Gasteiger partial charge in [0.25, 0.3) is 0 Å². The van der Waals surface area contributed by atoms with E-state index in [2.05, 4.69) is 13.8 Å². The molecule has 2 aromatic rings. The number of benzene rings is 2. The number of phenols is 2. The van der Waals surface area contributed by atoms with Crippen LogP contribution < -0.4 is 9.47 Å². The van der Waals surface area contributed by atoms with Gasteiger partial charge in [-0.3, -0.25) is 9.59 Å². The number of unbranched alkanes of at least 4 members (excludes halogenated alkanes) is 4. The summed E-state index contributed by atoms with van der Waals surface area (Å²) in [6, 6.07) is 0. The van der Waals surface area contributed by atoms with Crippen LogP contribution in [0.1, 0.15) is 142 Å². The van der Waals surface area contributed by atoms with Gasteiger partial charge < -0.3 is 29.9 Å². The van der Waals surface area contributed by atoms with E-state index in [1.807, 2.05) is 41.5 Å². The fraction of sp³-hybridized carbons (Fsp3) is 0.650. The molecule has 8 heteroatoms. The fourth-order valence-corrected chi connectivity index (χ4v) is 7.91. The first kappa shape index (κ1) is 37.4. The van der Waals surface area contributed by atoms with Crippen molar-refractivity contribution in [3.63, 3.8) is 0 Å². The first-order valence-corrected chi connectivity index (χ1v) is 17.9. The van der Waals surface area contributed by atoms with Gasteiger partial charge in [-0.2, -0.15) is 0 Å². The summed E-state index contributed by atoms with van der Waals surface area (Å²) in [5.74, 6) is 0.736. The molecule has 48 heavy (non-hydrogen) atoms. The Kier molecular flexibility index (Phi) is 11.4. The number of aromatic hydroxyl groups is 2. The number of carbonyl (C=O) groups is 2. The lowest BCUT2D eigenvalue weighted by Crippen LogP contribution is -2.43. The molecule has 2 aliphatic heterocycles. The molecule has 0 spiro atoms. The van der Waals surface area contributed by atoms with E-state index in [9.17, 15) is 24.9 Å². The molecule has 0 saturated carbocycles. The number of rotatable bonds is 15. The predicted octanol–water partition coefficient (Wildman–Crippen LogP) is 9.26. The summed E-state index contributed by atoms with van der Waals surface area (Å²) in [6.45, 7) is 15.8. The third-order valence-electron chi connectivity index (χ3n) is 11.9. The van der Waals surface area contributed by atoms with Crippen LogP contribution in [-0.2, 0) is 22.4 Å². The van der Waals surface area contributed by atoms with Gasteiger partial charge in [-0.1, -0.05) is 25.7 Å². The van der Waals surface area contributed by atoms with Gasteiger partial charge in [0.2, 0.25) is 0 Å². The summed E-state index contributed by atoms with van der Waals surface area (Å²) in [6.07, 6.45) is 9.81. The molecule has 0 aromatic heterocycles. The van der Waals surface area contributed by atoms with Crippen LogP contribution in [0.15, 0.2) is 0 Å². The zero-order valence-corrected chi connectivity index (χ0v) is 30.5. The summed E-state index contributed by atoms with van der Waals surface area (Å²) < 4.78 is 13.5. The lowest BCUT2D eigenvalue weighted by Gasteiger charge is -2.42. The summed E-state index contributed by atoms with van der Waals surface area (Å²) in [7, 11) is 0. The highest BCUT2D eigenvalue weighted by Crippen LogP contribution is 2.49. The van der Waals surface area contributed by atoms with E-state index in [-0.39, 0.29) is 6.42 Å². The maximum Gasteiger partial charge on any atom is 0.309 e. The lowest BCUT2D eigenvalue weighted by molar-refractivity contribution is -0.152. The van der Waals surface area contributed by atoms with Crippen LogP contribution in [0, 0.1) is 47.0 Å². The SMILES string of the molecule is Cc1c(C)c2c(c(C)c1O)CCC(C)(CCC(CCCCCCCC(=O)O)(CCC1(C)CCc3c(C)c(O)c(C)c(C)c3O1)C(=O)O)O2. The molecule has 4 rings (SSSR count). The monoisotopic (exact) mass is 666 g/mol. The molecule has 0 bridgehead atoms. The molecule has 2 unspecified atom stereocenters. The molecule has 0 aliphatic carbocycles. The third-order valence-corrected chi connectivity index (χ3v) is 11.9. The van der Waals surface area contributed by atoms with Crippen molar-refractivity contribution in [3.05, 3.63) is 44.5 Å². The summed E-state index contributed by atoms with van der Waals surface area (Å²) >= 11 is 0. The summed E-state index contributed by atoms with van der Waals surface area (Å²) in [5, 5.41) is 41.2. The van der Waals surface area contributed by atoms with Crippen LogP contribution in [-0.4, -0.2) is 43.6 Å². The van der Waals surface area contributed by atoms with Crippen LogP contribution in [0.5, 0.6) is 23.0 Å². The van der Waals surface area contributed by atoms with Crippen molar-refractivity contribution in [2.45, 2.75) is 163 Å². The van der Waals surface area contributed by atoms with Crippen molar-refractivity contribution in [1.29, 1.82) is 0 Å². The average Bonchev–Trinajstić information content (AvgIpc) is 3.04. The van der Waals surface area contributed by atoms with Crippen LogP contribution in [0.25, 0.3) is 0 Å². The van der Waals surface area contributed by atoms with Gasteiger partial charge in [-0.25, -0.2) is 0 Å². The molecule has 2 heterocycles. The van der Waals surface area contributed by atoms with Gasteiger partial charge in [0.05, 0.1) is 5.41 Å². The highest BCUT2D eigenvalue weighted by atomic mass is 16.5. The highest BCUT2D eigenvalue weighted by Gasteiger charge is 2.45. The number of fused-ring (bicyclic) bond motifs is 2. The maximum absolute atomic E-state index is 13.4. The number of phenolic OH excluding ortho intramolecular Hbond substituents is 2. The Morgan fingerprint density at radius 1 is 0.625 bits per heavy atom. The van der Waals surface area contributed by atoms with Crippen molar-refractivity contribution >= 4 is 11.9 Å². The molecular weight excluding hydrogens is 608 g/mol. The molecule has 0 saturated heterocycles. The Balaban J connectivity index is 1.55. The van der Waals surface area contributed by atoms with E-state index >= 15 is 0 Å². The number of hydrogen-bond acceptors (Lipinski definition) is 6. The van der Waals surface area contributed by atoms with Gasteiger partial charge >= 0.3 is 11.9 Å². The predicted molar refractivity (Wildman–Crippen MR) is 188 cm³/mol. The Hall–Kier alpha value is -3.42. The second kappa shape index (κ2) is 14.6. The highest BCUT2D eigenvalue weighted by molar-refractivity contribution is 5.74. The summed E-state index contributed by atoms with van der Waals surface area (Å²) in [4.78, 5) is 24.3. The van der Waals surface area contributed by atoms with Crippen molar-refractivity contribution in [3.8, 4) is 23.0 Å². The van der Waals surface area contributed by atoms with E-state index in [1.165, 1.54) is 0 Å². The largest absolute Gasteiger partial charge is 0.507 e. The normalized spacial score (nSPS) is 21.4. The molecule has 2 aromatic carbocycles. The van der Waals surface area contributed by atoms with E-state index in [0.717, 1.165) is 107 Å². The molecule has 0 amide bonds. The standard InChI is InChI=1S/C40H58O8/c1-24-26(3)35-30(28(5)33(24)43)15-18-38(7,47-35)20-22-40(37(45)46,17-13-11-9-10-12-14-32(41)42)23-21-39(8)19-16-31-29(6)34(44)25(2)27(4)36(31)48-39/h43-44H,9-23H2,1-8H3,(H,41,42)(H,45,46). The smallest absolute Gasteiger partial charge is 0.309 e. The Bertz CT molecular complexity index is 1450. The summed E-state index contributed by atoms with van der Waals surface area (Å²) in [5.41, 5.74) is 5.25. The number of ether oxygens (including phenoxy) is 2. The molecule has 4 N–H and O–H groups in total. The Morgan fingerprint density at radius 3 is 1.46 bits per heavy atom. The molecule has 266 valence electrons. The van der Waals surface area contributed by atoms with Crippen molar-refractivity contribution in [1.82, 2.24) is 0 Å². The molecule has 8 nitrogen and oxygen atoms in total. The molecule has 0 radical (unpaired) electrons. The molecule has 2 atom stereocenters. The van der Waals surface area contributed by atoms with Crippen LogP contribution >= 0.6 is 0 Å². The van der Waals surface area contributed by atoms with Gasteiger partial charge in [-0.05, 0) is 153 Å². The lowest BCUT2D eigenvalue weighted by atomic mass is 9.70. The average molecular weight is 667 g/mol. The Morgan fingerprint density at radius 2 is 1.04 bits per heavy atom. The number of hydrogen-bond donors (Lipinski definition) is 4. The van der Waals surface area contributed by atoms with Crippen molar-refractivity contribution in [2.24, 2.45) is 5.41 Å². The van der Waals surface area contributed by atoms with Crippen LogP contribution in [0.3, 0.4) is 0 Å². The van der Waals surface area contributed by atoms with E-state index in [1.54, 1.807) is 0 Å². The molecule has 2 aliphatic rings. The minimum atomic E-state index is -0.966. The van der Waals surface area contributed by atoms with Crippen LogP contribution in [0.2, 0.25) is 0 Å². The van der Waals surface area contributed by atoms with Gasteiger partial charge in [0.1, 0.15) is 34.2 Å². The number of carboxylic acid groups (broad SMARTS) is 2. The first-order valence-electron chi connectivity index (χ1n) is 17.9. The topological polar surface area (TPSA) is 134 Å². The number of carboxylic acids is 2. The van der Waals surface area contributed by atoms with Gasteiger partial charge in [0.15, 0.2) is 0 Å². The minimum absolute atomic E-state index is 0.165. The zero-order valence-electron chi connectivity index (χ0n) is 30.5. The van der Waals surface area contributed by atoms with Gasteiger partial charge in [0, 0.05) is 17.5 Å². The second-order valence-electron chi connectivity index (χ2n) is 15.4. The molecular formula is C40H58O8. The van der Waals surface area contributed by atoms with Crippen molar-refractivity contribution < 1.29 is 39.5 Å². The fourth-order valence-electron chi connectivity index (χ4n) is 7.91. The van der Waals surface area contributed by atoms with Crippen molar-refractivity contribution in [2.75, 3.05) is 0 Å². The van der Waals surface area contributed by atoms with E-state index < -0.39 is 28.6 Å². The Labute approximate surface area is 286 Å². The zero-order chi connectivity index (χ0) is 35.6.